The molecule has 1 fully saturated rings. The highest BCUT2D eigenvalue weighted by Gasteiger charge is 2.32. The van der Waals surface area contributed by atoms with Crippen LogP contribution in [0.5, 0.6) is 0 Å². The molecule has 3 nitrogen and oxygen atoms in total. The van der Waals surface area contributed by atoms with Crippen LogP contribution in [-0.4, -0.2) is 28.6 Å². The molecule has 1 atom stereocenters. The maximum Gasteiger partial charge on any atom is 0.416 e. The average Bonchev–Trinajstić information content (AvgIpc) is 2.76. The Hall–Kier alpha value is -1.56. The van der Waals surface area contributed by atoms with Gasteiger partial charge in [0.2, 0.25) is 0 Å². The molecule has 1 heterocycles. The summed E-state index contributed by atoms with van der Waals surface area (Å²) in [4.78, 5) is 12.7. The molecular formula is C13H14F3NO2. The minimum absolute atomic E-state index is 0.237. The molecule has 6 heteroatoms. The van der Waals surface area contributed by atoms with E-state index < -0.39 is 23.8 Å². The Morgan fingerprint density at radius 1 is 1.42 bits per heavy atom. The first-order valence-corrected chi connectivity index (χ1v) is 6.01. The molecule has 0 radical (unpaired) electrons. The van der Waals surface area contributed by atoms with Crippen molar-refractivity contribution in [1.82, 2.24) is 4.90 Å². The molecule has 1 aromatic rings. The van der Waals surface area contributed by atoms with Crippen LogP contribution in [0, 0.1) is 0 Å². The second kappa shape index (κ2) is 5.21. The third kappa shape index (κ3) is 3.26. The molecule has 0 saturated carbocycles. The molecule has 0 aromatic heterocycles. The molecular weight excluding hydrogens is 259 g/mol. The Morgan fingerprint density at radius 2 is 2.16 bits per heavy atom. The number of halogens is 3. The van der Waals surface area contributed by atoms with E-state index in [-0.39, 0.29) is 6.54 Å². The SMILES string of the molecule is O=C(O)[C@H]1CCCN1Cc1cccc(C(F)(F)F)c1. The minimum atomic E-state index is -4.37. The van der Waals surface area contributed by atoms with E-state index in [0.29, 0.717) is 18.5 Å². The van der Waals surface area contributed by atoms with Crippen molar-refractivity contribution in [2.45, 2.75) is 31.6 Å². The Bertz CT molecular complexity index is 473. The maximum absolute atomic E-state index is 12.6. The maximum atomic E-state index is 12.6. The van der Waals surface area contributed by atoms with Gasteiger partial charge in [0.15, 0.2) is 0 Å². The van der Waals surface area contributed by atoms with Gasteiger partial charge in [-0.3, -0.25) is 9.69 Å². The van der Waals surface area contributed by atoms with E-state index in [1.165, 1.54) is 6.07 Å². The summed E-state index contributed by atoms with van der Waals surface area (Å²) >= 11 is 0. The highest BCUT2D eigenvalue weighted by Crippen LogP contribution is 2.30. The highest BCUT2D eigenvalue weighted by atomic mass is 19.4. The van der Waals surface area contributed by atoms with Crippen LogP contribution in [0.2, 0.25) is 0 Å². The van der Waals surface area contributed by atoms with Gasteiger partial charge in [-0.1, -0.05) is 18.2 Å². The van der Waals surface area contributed by atoms with Crippen LogP contribution in [0.3, 0.4) is 0 Å². The van der Waals surface area contributed by atoms with Crippen LogP contribution in [0.25, 0.3) is 0 Å². The monoisotopic (exact) mass is 273 g/mol. The van der Waals surface area contributed by atoms with Gasteiger partial charge in [0, 0.05) is 6.54 Å². The van der Waals surface area contributed by atoms with E-state index in [1.54, 1.807) is 11.0 Å². The first kappa shape index (κ1) is 13.9. The van der Waals surface area contributed by atoms with E-state index in [0.717, 1.165) is 18.6 Å². The number of rotatable bonds is 3. The minimum Gasteiger partial charge on any atom is -0.480 e. The van der Waals surface area contributed by atoms with Crippen LogP contribution in [0.4, 0.5) is 13.2 Å². The van der Waals surface area contributed by atoms with Gasteiger partial charge >= 0.3 is 12.1 Å². The second-order valence-electron chi connectivity index (χ2n) is 4.66. The summed E-state index contributed by atoms with van der Waals surface area (Å²) in [6, 6.07) is 4.45. The van der Waals surface area contributed by atoms with Gasteiger partial charge in [-0.05, 0) is 31.0 Å². The summed E-state index contributed by atoms with van der Waals surface area (Å²) in [7, 11) is 0. The van der Waals surface area contributed by atoms with Crippen LogP contribution >= 0.6 is 0 Å². The van der Waals surface area contributed by atoms with Gasteiger partial charge in [0.05, 0.1) is 5.56 Å². The van der Waals surface area contributed by atoms with Crippen LogP contribution in [-0.2, 0) is 17.5 Å². The number of aliphatic carboxylic acids is 1. The second-order valence-corrected chi connectivity index (χ2v) is 4.66. The van der Waals surface area contributed by atoms with Crippen molar-refractivity contribution >= 4 is 5.97 Å². The molecule has 0 spiro atoms. The first-order chi connectivity index (χ1) is 8.88. The largest absolute Gasteiger partial charge is 0.480 e. The smallest absolute Gasteiger partial charge is 0.416 e. The van der Waals surface area contributed by atoms with E-state index in [2.05, 4.69) is 0 Å². The lowest BCUT2D eigenvalue weighted by atomic mass is 10.1. The summed E-state index contributed by atoms with van der Waals surface area (Å²) in [5.41, 5.74) is -0.209. The van der Waals surface area contributed by atoms with Crippen molar-refractivity contribution in [2.75, 3.05) is 6.54 Å². The summed E-state index contributed by atoms with van der Waals surface area (Å²) in [5, 5.41) is 9.02. The standard InChI is InChI=1S/C13H14F3NO2/c14-13(15,16)10-4-1-3-9(7-10)8-17-6-2-5-11(17)12(18)19/h1,3-4,7,11H,2,5-6,8H2,(H,18,19)/t11-/m1/s1. The quantitative estimate of drug-likeness (QED) is 0.920. The number of nitrogens with zero attached hydrogens (tertiary/aromatic N) is 1. The normalized spacial score (nSPS) is 20.7. The number of hydrogen-bond acceptors (Lipinski definition) is 2. The van der Waals surface area contributed by atoms with Gasteiger partial charge in [-0.25, -0.2) is 0 Å². The molecule has 0 bridgehead atoms. The Labute approximate surface area is 108 Å². The molecule has 1 aliphatic heterocycles. The molecule has 0 aliphatic carbocycles. The lowest BCUT2D eigenvalue weighted by molar-refractivity contribution is -0.142. The van der Waals surface area contributed by atoms with Gasteiger partial charge < -0.3 is 5.11 Å². The molecule has 104 valence electrons. The summed E-state index contributed by atoms with van der Waals surface area (Å²) in [5.74, 6) is -0.913. The third-order valence-electron chi connectivity index (χ3n) is 3.29. The molecule has 1 saturated heterocycles. The number of carboxylic acids is 1. The summed E-state index contributed by atoms with van der Waals surface area (Å²) in [6.07, 6.45) is -3.06. The number of benzene rings is 1. The van der Waals surface area contributed by atoms with E-state index in [9.17, 15) is 18.0 Å². The molecule has 1 N–H and O–H groups in total. The fourth-order valence-corrected chi connectivity index (χ4v) is 2.38. The average molecular weight is 273 g/mol. The van der Waals surface area contributed by atoms with Gasteiger partial charge in [-0.2, -0.15) is 13.2 Å². The topological polar surface area (TPSA) is 40.5 Å². The van der Waals surface area contributed by atoms with Crippen molar-refractivity contribution in [2.24, 2.45) is 0 Å². The molecule has 0 amide bonds. The number of carboxylic acid groups (broad SMARTS) is 1. The number of alkyl halides is 3. The zero-order chi connectivity index (χ0) is 14.0. The summed E-state index contributed by atoms with van der Waals surface area (Å²) in [6.45, 7) is 0.841. The van der Waals surface area contributed by atoms with Crippen molar-refractivity contribution in [1.29, 1.82) is 0 Å². The molecule has 19 heavy (non-hydrogen) atoms. The molecule has 1 aliphatic rings. The van der Waals surface area contributed by atoms with Gasteiger partial charge in [0.25, 0.3) is 0 Å². The Morgan fingerprint density at radius 3 is 2.79 bits per heavy atom. The van der Waals surface area contributed by atoms with Crippen LogP contribution < -0.4 is 0 Å². The Balaban J connectivity index is 2.13. The first-order valence-electron chi connectivity index (χ1n) is 6.01. The van der Waals surface area contributed by atoms with Crippen LogP contribution in [0.1, 0.15) is 24.0 Å². The van der Waals surface area contributed by atoms with Crippen molar-refractivity contribution in [3.8, 4) is 0 Å². The number of likely N-dealkylation sites (tertiary alicyclic amines) is 1. The van der Waals surface area contributed by atoms with E-state index in [4.69, 9.17) is 5.11 Å². The predicted molar refractivity (Wildman–Crippen MR) is 62.5 cm³/mol. The third-order valence-corrected chi connectivity index (χ3v) is 3.29. The van der Waals surface area contributed by atoms with Crippen molar-refractivity contribution in [3.63, 3.8) is 0 Å². The molecule has 2 rings (SSSR count). The van der Waals surface area contributed by atoms with Crippen molar-refractivity contribution < 1.29 is 23.1 Å². The zero-order valence-corrected chi connectivity index (χ0v) is 10.2. The lowest BCUT2D eigenvalue weighted by Gasteiger charge is -2.21. The number of carbonyl (C=O) groups is 1. The van der Waals surface area contributed by atoms with Gasteiger partial charge in [-0.15, -0.1) is 0 Å². The molecule has 0 unspecified atom stereocenters. The van der Waals surface area contributed by atoms with Gasteiger partial charge in [0.1, 0.15) is 6.04 Å². The predicted octanol–water partition coefficient (Wildman–Crippen LogP) is 2.75. The molecule has 1 aromatic carbocycles. The highest BCUT2D eigenvalue weighted by molar-refractivity contribution is 5.73. The van der Waals surface area contributed by atoms with E-state index in [1.807, 2.05) is 0 Å². The fourth-order valence-electron chi connectivity index (χ4n) is 2.38. The van der Waals surface area contributed by atoms with E-state index >= 15 is 0 Å². The lowest BCUT2D eigenvalue weighted by Crippen LogP contribution is -2.35. The fraction of sp³-hybridized carbons (Fsp3) is 0.462. The van der Waals surface area contributed by atoms with Crippen LogP contribution in [0.15, 0.2) is 24.3 Å². The van der Waals surface area contributed by atoms with Crippen molar-refractivity contribution in [3.05, 3.63) is 35.4 Å². The number of hydrogen-bond donors (Lipinski definition) is 1. The summed E-state index contributed by atoms with van der Waals surface area (Å²) < 4.78 is 37.7. The Kier molecular flexibility index (Phi) is 3.80. The zero-order valence-electron chi connectivity index (χ0n) is 10.2.